The van der Waals surface area contributed by atoms with E-state index in [4.69, 9.17) is 4.84 Å². The highest BCUT2D eigenvalue weighted by atomic mass is 32.1. The fraction of sp³-hybridized carbons (Fsp3) is 0.409. The average Bonchev–Trinajstić information content (AvgIpc) is 3.35. The zero-order chi connectivity index (χ0) is 23.4. The largest absolute Gasteiger partial charge is 0.379 e. The van der Waals surface area contributed by atoms with Crippen LogP contribution in [-0.4, -0.2) is 52.0 Å². The number of nitrogens with one attached hydrogen (secondary N) is 2. The molecule has 1 aromatic carbocycles. The molecule has 3 rings (SSSR count). The Hall–Kier alpha value is -3.27. The van der Waals surface area contributed by atoms with Crippen LogP contribution in [0.15, 0.2) is 29.8 Å². The minimum absolute atomic E-state index is 0.102. The first-order valence-corrected chi connectivity index (χ1v) is 11.1. The molecule has 3 amide bonds. The number of likely N-dealkylation sites (tertiary alicyclic amines) is 1. The second-order valence-electron chi connectivity index (χ2n) is 8.01. The predicted molar refractivity (Wildman–Crippen MR) is 119 cm³/mol. The third kappa shape index (κ3) is 5.31. The lowest BCUT2D eigenvalue weighted by Gasteiger charge is -2.29. The summed E-state index contributed by atoms with van der Waals surface area (Å²) in [7, 11) is 0. The number of aryl methyl sites for hydroxylation is 1. The van der Waals surface area contributed by atoms with Crippen molar-refractivity contribution in [3.63, 3.8) is 0 Å². The second-order valence-corrected chi connectivity index (χ2v) is 8.86. The first-order valence-electron chi connectivity index (χ1n) is 10.2. The molecule has 1 aliphatic heterocycles. The molecule has 1 fully saturated rings. The van der Waals surface area contributed by atoms with Crippen LogP contribution in [0.3, 0.4) is 0 Å². The number of hydrogen-bond donors (Lipinski definition) is 2. The molecule has 32 heavy (non-hydrogen) atoms. The Kier molecular flexibility index (Phi) is 7.24. The Morgan fingerprint density at radius 1 is 1.22 bits per heavy atom. The Balaban J connectivity index is 1.65. The number of carbonyl (C=O) groups is 4. The Morgan fingerprint density at radius 2 is 1.91 bits per heavy atom. The minimum Gasteiger partial charge on any atom is -0.379 e. The van der Waals surface area contributed by atoms with Crippen LogP contribution in [0.1, 0.15) is 32.9 Å². The van der Waals surface area contributed by atoms with Crippen molar-refractivity contribution < 1.29 is 24.0 Å². The van der Waals surface area contributed by atoms with Gasteiger partial charge in [-0.3, -0.25) is 19.2 Å². The van der Waals surface area contributed by atoms with Crippen LogP contribution in [0.5, 0.6) is 5.75 Å². The summed E-state index contributed by atoms with van der Waals surface area (Å²) in [6, 6.07) is 5.32. The van der Waals surface area contributed by atoms with Gasteiger partial charge in [0.05, 0.1) is 22.6 Å². The number of benzene rings is 1. The van der Waals surface area contributed by atoms with Crippen LogP contribution in [0.2, 0.25) is 0 Å². The van der Waals surface area contributed by atoms with Gasteiger partial charge in [-0.15, -0.1) is 11.3 Å². The SMILES string of the molecule is CC(=O)N[C@H](C(=O)N1CC(=O)C[C@H]1C(=O)NOc1ccc(-c2scnc2C)cc1)C(C)C. The van der Waals surface area contributed by atoms with Crippen LogP contribution < -0.4 is 15.6 Å². The molecule has 0 spiro atoms. The number of hydroxylamine groups is 1. The molecule has 2 aromatic rings. The molecule has 9 nitrogen and oxygen atoms in total. The van der Waals surface area contributed by atoms with E-state index in [-0.39, 0.29) is 30.6 Å². The lowest BCUT2D eigenvalue weighted by molar-refractivity contribution is -0.144. The molecule has 10 heteroatoms. The quantitative estimate of drug-likeness (QED) is 0.612. The van der Waals surface area contributed by atoms with Crippen molar-refractivity contribution in [1.82, 2.24) is 20.7 Å². The van der Waals surface area contributed by atoms with Gasteiger partial charge in [0.2, 0.25) is 11.8 Å². The van der Waals surface area contributed by atoms with Crippen molar-refractivity contribution in [3.05, 3.63) is 35.5 Å². The summed E-state index contributed by atoms with van der Waals surface area (Å²) in [5, 5.41) is 2.60. The number of rotatable bonds is 7. The van der Waals surface area contributed by atoms with Gasteiger partial charge in [0.1, 0.15) is 12.1 Å². The van der Waals surface area contributed by atoms with Gasteiger partial charge in [0, 0.05) is 13.3 Å². The van der Waals surface area contributed by atoms with E-state index in [1.54, 1.807) is 31.5 Å². The van der Waals surface area contributed by atoms with Crippen LogP contribution >= 0.6 is 11.3 Å². The zero-order valence-corrected chi connectivity index (χ0v) is 19.2. The minimum atomic E-state index is -0.996. The molecule has 2 atom stereocenters. The van der Waals surface area contributed by atoms with Gasteiger partial charge in [0.25, 0.3) is 5.91 Å². The molecule has 1 aliphatic rings. The highest BCUT2D eigenvalue weighted by Crippen LogP contribution is 2.28. The molecular formula is C22H26N4O5S. The van der Waals surface area contributed by atoms with Crippen molar-refractivity contribution in [1.29, 1.82) is 0 Å². The molecule has 170 valence electrons. The molecule has 0 saturated carbocycles. The number of aromatic nitrogens is 1. The first kappa shape index (κ1) is 23.4. The van der Waals surface area contributed by atoms with Crippen LogP contribution in [0.25, 0.3) is 10.4 Å². The highest BCUT2D eigenvalue weighted by molar-refractivity contribution is 7.13. The average molecular weight is 459 g/mol. The third-order valence-corrected chi connectivity index (χ3v) is 6.13. The summed E-state index contributed by atoms with van der Waals surface area (Å²) in [6.07, 6.45) is -0.102. The lowest BCUT2D eigenvalue weighted by atomic mass is 10.0. The first-order chi connectivity index (χ1) is 15.2. The van der Waals surface area contributed by atoms with E-state index in [0.717, 1.165) is 16.1 Å². The summed E-state index contributed by atoms with van der Waals surface area (Å²) in [6.45, 7) is 6.64. The zero-order valence-electron chi connectivity index (χ0n) is 18.4. The molecule has 1 saturated heterocycles. The third-order valence-electron chi connectivity index (χ3n) is 5.15. The maximum Gasteiger partial charge on any atom is 0.275 e. The summed E-state index contributed by atoms with van der Waals surface area (Å²) in [4.78, 5) is 61.1. The van der Waals surface area contributed by atoms with Gasteiger partial charge in [0.15, 0.2) is 11.5 Å². The standard InChI is InChI=1S/C22H26N4O5S/c1-12(2)19(24-14(4)27)22(30)26-10-16(28)9-18(26)21(29)25-31-17-7-5-15(6-8-17)20-13(3)23-11-32-20/h5-8,11-12,18-19H,9-10H2,1-4H3,(H,24,27)(H,25,29)/t18-,19-/m0/s1. The van der Waals surface area contributed by atoms with Crippen LogP contribution in [0.4, 0.5) is 0 Å². The number of ketones is 1. The fourth-order valence-electron chi connectivity index (χ4n) is 3.50. The van der Waals surface area contributed by atoms with Crippen molar-refractivity contribution in [2.24, 2.45) is 5.92 Å². The molecular weight excluding hydrogens is 432 g/mol. The number of carbonyl (C=O) groups excluding carboxylic acids is 4. The van der Waals surface area contributed by atoms with Gasteiger partial charge in [-0.25, -0.2) is 4.98 Å². The summed E-state index contributed by atoms with van der Waals surface area (Å²) >= 11 is 1.54. The molecule has 0 unspecified atom stereocenters. The van der Waals surface area contributed by atoms with Gasteiger partial charge in [-0.05, 0) is 42.7 Å². The number of Topliss-reactive ketones (excluding diaryl/α,β-unsaturated/α-hetero) is 1. The Bertz CT molecular complexity index is 1020. The molecule has 0 aliphatic carbocycles. The number of amides is 3. The van der Waals surface area contributed by atoms with E-state index in [9.17, 15) is 19.2 Å². The molecule has 1 aromatic heterocycles. The van der Waals surface area contributed by atoms with Gasteiger partial charge in [-0.1, -0.05) is 13.8 Å². The van der Waals surface area contributed by atoms with E-state index in [2.05, 4.69) is 15.8 Å². The number of thiazole rings is 1. The van der Waals surface area contributed by atoms with E-state index < -0.39 is 23.9 Å². The smallest absolute Gasteiger partial charge is 0.275 e. The van der Waals surface area contributed by atoms with Crippen molar-refractivity contribution >= 4 is 34.8 Å². The van der Waals surface area contributed by atoms with E-state index in [1.807, 2.05) is 19.1 Å². The van der Waals surface area contributed by atoms with Gasteiger partial charge >= 0.3 is 0 Å². The topological polar surface area (TPSA) is 118 Å². The maximum absolute atomic E-state index is 13.0. The number of nitrogens with zero attached hydrogens (tertiary/aromatic N) is 2. The van der Waals surface area contributed by atoms with Crippen LogP contribution in [0, 0.1) is 12.8 Å². The Morgan fingerprint density at radius 3 is 2.47 bits per heavy atom. The summed E-state index contributed by atoms with van der Waals surface area (Å²) in [5.41, 5.74) is 6.04. The van der Waals surface area contributed by atoms with E-state index in [1.165, 1.54) is 23.2 Å². The van der Waals surface area contributed by atoms with Crippen molar-refractivity contribution in [2.75, 3.05) is 6.54 Å². The van der Waals surface area contributed by atoms with Crippen molar-refractivity contribution in [3.8, 4) is 16.2 Å². The lowest BCUT2D eigenvalue weighted by Crippen LogP contribution is -2.55. The van der Waals surface area contributed by atoms with Crippen LogP contribution in [-0.2, 0) is 19.2 Å². The van der Waals surface area contributed by atoms with Crippen molar-refractivity contribution in [2.45, 2.75) is 46.2 Å². The predicted octanol–water partition coefficient (Wildman–Crippen LogP) is 1.86. The fourth-order valence-corrected chi connectivity index (χ4v) is 4.31. The second kappa shape index (κ2) is 9.90. The normalized spacial score (nSPS) is 16.7. The maximum atomic E-state index is 13.0. The number of hydrogen-bond acceptors (Lipinski definition) is 7. The summed E-state index contributed by atoms with van der Waals surface area (Å²) in [5.74, 6) is -1.45. The van der Waals surface area contributed by atoms with Gasteiger partial charge < -0.3 is 15.1 Å². The molecule has 0 radical (unpaired) electrons. The molecule has 2 heterocycles. The van der Waals surface area contributed by atoms with E-state index in [0.29, 0.717) is 5.75 Å². The van der Waals surface area contributed by atoms with Gasteiger partial charge in [-0.2, -0.15) is 5.48 Å². The van der Waals surface area contributed by atoms with E-state index >= 15 is 0 Å². The molecule has 0 bridgehead atoms. The Labute approximate surface area is 190 Å². The summed E-state index contributed by atoms with van der Waals surface area (Å²) < 4.78 is 0. The highest BCUT2D eigenvalue weighted by Gasteiger charge is 2.42. The monoisotopic (exact) mass is 458 g/mol. The molecule has 2 N–H and O–H groups in total.